The minimum atomic E-state index is -2.41. The fraction of sp³-hybridized carbons (Fsp3) is 0.438. The number of phenols is 4. The molecule has 2 fully saturated rings. The second-order valence-electron chi connectivity index (χ2n) is 32.3. The van der Waals surface area contributed by atoms with E-state index in [0.29, 0.717) is 44.5 Å². The number of fused-ring (bicyclic) bond motifs is 14. The number of rotatable bonds is 26. The standard InChI is InChI=1S/C89H105Cl2N11O27/c1-3-4-5-6-7-8-9-10-11-14-64(109)97-73-77(113)75(111)62(39-103)127-88(73)129-80-60-33-45-34-61(80)125-57-24-19-44(31-52(57)90)74(110)72-87(122)101-70(82(117)95-28-13-27-94-26-12-25-92)50-35-46(105)36-59(126-89-79(115)78(114)76(112)63(40-104)128-89)65(50)49-30-42(17-22-54(49)106)68(84(119)102-72)98-85(120)69(45)99-86(121)71-51-37-48(38-56(108)66(51)91)124-58-32-43(18-23-55(58)107)67(93-2)83(118)96-53(81(116)100-71)29-41-15-20-47(123-60)21-16-41/h15-24,30-38,53,62-63,67-79,88-89,93-94,103-108,110-115H,3-14,25-29,39-40,92H2,1-2H3,(H,95,117)(H,96,118)(H,97,109)(H,98,120)(H,99,121)(H,100,116)(H,101,122)(H,102,119)/t53-,62-,63-,67+,68-,69-,70-,71+,72+,73-,74-,75-,76-,77-,78+,79+,88+,89+/m1/s1. The molecule has 8 heterocycles. The normalized spacial score (nSPS) is 25.7. The fourth-order valence-corrected chi connectivity index (χ4v) is 16.6. The van der Waals surface area contributed by atoms with Crippen LogP contribution in [0.1, 0.15) is 159 Å². The summed E-state index contributed by atoms with van der Waals surface area (Å²) in [4.78, 5) is 125. The van der Waals surface area contributed by atoms with Crippen LogP contribution in [0.2, 0.25) is 10.0 Å². The average molecular weight is 1830 g/mol. The first kappa shape index (κ1) is 95.2. The molecule has 40 heteroatoms. The van der Waals surface area contributed by atoms with Crippen LogP contribution in [0.25, 0.3) is 11.1 Å². The largest absolute Gasteiger partial charge is 0.508 e. The predicted octanol–water partition coefficient (Wildman–Crippen LogP) is 3.60. The van der Waals surface area contributed by atoms with Crippen molar-refractivity contribution >= 4 is 70.5 Å². The third-order valence-electron chi connectivity index (χ3n) is 23.2. The number of phenolic OH excluding ortho intramolecular Hbond substituents is 4. The van der Waals surface area contributed by atoms with E-state index in [2.05, 4.69) is 60.1 Å². The van der Waals surface area contributed by atoms with Crippen molar-refractivity contribution in [2.24, 2.45) is 5.73 Å². The van der Waals surface area contributed by atoms with Gasteiger partial charge in [-0.3, -0.25) is 38.4 Å². The second-order valence-corrected chi connectivity index (χ2v) is 33.1. The number of aliphatic hydroxyl groups is 8. The minimum Gasteiger partial charge on any atom is -0.508 e. The summed E-state index contributed by atoms with van der Waals surface area (Å²) >= 11 is 14.4. The molecule has 17 bridgehead atoms. The summed E-state index contributed by atoms with van der Waals surface area (Å²) in [6.45, 7) is 1.33. The minimum absolute atomic E-state index is 0.0746. The van der Waals surface area contributed by atoms with Crippen molar-refractivity contribution in [2.75, 3.05) is 46.4 Å². The van der Waals surface area contributed by atoms with Gasteiger partial charge < -0.3 is 153 Å². The van der Waals surface area contributed by atoms with Crippen LogP contribution >= 0.6 is 23.2 Å². The monoisotopic (exact) mass is 1830 g/mol. The molecular formula is C89H105Cl2N11O27. The maximum Gasteiger partial charge on any atom is 0.248 e. The van der Waals surface area contributed by atoms with Crippen molar-refractivity contribution in [1.82, 2.24) is 53.2 Å². The number of amides is 8. The molecule has 0 radical (unpaired) electrons. The van der Waals surface area contributed by atoms with Crippen LogP contribution < -0.4 is 82.6 Å². The number of nitrogens with two attached hydrogens (primary N) is 1. The summed E-state index contributed by atoms with van der Waals surface area (Å²) in [5.74, 6) is -15.5. The Morgan fingerprint density at radius 1 is 0.519 bits per heavy atom. The molecule has 38 nitrogen and oxygen atoms in total. The maximum atomic E-state index is 16.9. The van der Waals surface area contributed by atoms with Gasteiger partial charge in [-0.25, -0.2) is 0 Å². The Morgan fingerprint density at radius 3 is 1.84 bits per heavy atom. The molecular weight excluding hydrogens is 1730 g/mol. The molecule has 7 aromatic rings. The van der Waals surface area contributed by atoms with Crippen molar-refractivity contribution in [3.8, 4) is 80.1 Å². The summed E-state index contributed by atoms with van der Waals surface area (Å²) in [6, 6.07) is 6.52. The van der Waals surface area contributed by atoms with Gasteiger partial charge in [-0.05, 0) is 152 Å². The van der Waals surface area contributed by atoms with Crippen molar-refractivity contribution in [3.05, 3.63) is 164 Å². The predicted molar refractivity (Wildman–Crippen MR) is 460 cm³/mol. The Morgan fingerprint density at radius 2 is 1.14 bits per heavy atom. The number of carbonyl (C=O) groups is 8. The molecule has 8 aliphatic heterocycles. The number of nitrogens with one attached hydrogen (secondary N) is 10. The molecule has 8 aliphatic rings. The van der Waals surface area contributed by atoms with Gasteiger partial charge in [0.25, 0.3) is 0 Å². The number of unbranched alkanes of at least 4 members (excludes halogenated alkanes) is 8. The van der Waals surface area contributed by atoms with Crippen molar-refractivity contribution in [1.29, 1.82) is 0 Å². The second kappa shape index (κ2) is 42.9. The SMILES string of the molecule is CCCCCCCCCCCC(=O)N[C@H]1[C@H](Oc2c3cc4cc2Oc2ccc(cc2Cl)[C@@H](O)[C@@H]2NC(=O)[C@H](NC(=O)[C@@H]4NC(=O)[C@H]4NC(=O)[C@@H](Cc5ccc(cc5)O3)NC(=O)[C@@H](NC)c3ccc(O)c(c3)Oc3cc(O)c(Cl)c4c3)c3ccc(O)c(c3)-c3c(O[C@H]4O[C@H](CO)[C@@H](O)[C@H](O)[C@@H]4O)cc(O)cc3[C@H](C(=O)NCCCNCCCN)NC2=O)O[C@H](CO)[C@@H](O)[C@@H]1O. The lowest BCUT2D eigenvalue weighted by Crippen LogP contribution is -2.65. The molecule has 0 aromatic heterocycles. The molecule has 8 amide bonds. The zero-order valence-corrected chi connectivity index (χ0v) is 71.6. The van der Waals surface area contributed by atoms with E-state index in [4.69, 9.17) is 62.1 Å². The highest BCUT2D eigenvalue weighted by atomic mass is 35.5. The van der Waals surface area contributed by atoms with Crippen molar-refractivity contribution < 1.29 is 133 Å². The van der Waals surface area contributed by atoms with Crippen molar-refractivity contribution in [2.45, 2.75) is 200 Å². The lowest BCUT2D eigenvalue weighted by molar-refractivity contribution is -0.277. The van der Waals surface area contributed by atoms with E-state index >= 15 is 28.8 Å². The van der Waals surface area contributed by atoms with Gasteiger partial charge in [0.15, 0.2) is 23.0 Å². The van der Waals surface area contributed by atoms with Gasteiger partial charge in [0.1, 0.15) is 137 Å². The van der Waals surface area contributed by atoms with Crippen LogP contribution in [0.3, 0.4) is 0 Å². The molecule has 15 rings (SSSR count). The van der Waals surface area contributed by atoms with E-state index in [1.54, 1.807) is 0 Å². The summed E-state index contributed by atoms with van der Waals surface area (Å²) in [6.07, 6.45) is -11.0. The van der Waals surface area contributed by atoms with Gasteiger partial charge in [0.05, 0.1) is 23.3 Å². The Bertz CT molecular complexity index is 5250. The smallest absolute Gasteiger partial charge is 0.248 e. The summed E-state index contributed by atoms with van der Waals surface area (Å²) in [7, 11) is 1.44. The number of aromatic hydroxyl groups is 4. The summed E-state index contributed by atoms with van der Waals surface area (Å²) in [5.41, 5.74) is 3.22. The first-order valence-corrected chi connectivity index (χ1v) is 43.3. The first-order valence-electron chi connectivity index (χ1n) is 42.6. The Balaban J connectivity index is 1.03. The molecule has 24 N–H and O–H groups in total. The highest BCUT2D eigenvalue weighted by Crippen LogP contribution is 2.51. The number of aliphatic hydroxyl groups excluding tert-OH is 8. The number of likely N-dealkylation sites (N-methyl/N-ethyl adjacent to an activating group) is 1. The zero-order chi connectivity index (χ0) is 92.2. The van der Waals surface area contributed by atoms with E-state index < -0.39 is 260 Å². The summed E-state index contributed by atoms with van der Waals surface area (Å²) in [5, 5.41) is 165. The van der Waals surface area contributed by atoms with E-state index in [1.165, 1.54) is 61.6 Å². The van der Waals surface area contributed by atoms with Crippen LogP contribution in [0.5, 0.6) is 69.0 Å². The molecule has 18 atom stereocenters. The molecule has 0 spiro atoms. The lowest BCUT2D eigenvalue weighted by Gasteiger charge is -2.42. The molecule has 0 saturated carbocycles. The lowest BCUT2D eigenvalue weighted by atomic mass is 9.89. The number of carbonyl (C=O) groups excluding carboxylic acids is 8. The first-order chi connectivity index (χ1) is 62.0. The van der Waals surface area contributed by atoms with Gasteiger partial charge in [0, 0.05) is 48.2 Å². The number of hydrogen-bond donors (Lipinski definition) is 23. The van der Waals surface area contributed by atoms with Crippen LogP contribution in [0.15, 0.2) is 115 Å². The van der Waals surface area contributed by atoms with Gasteiger partial charge in [-0.2, -0.15) is 0 Å². The van der Waals surface area contributed by atoms with E-state index in [1.807, 2.05) is 0 Å². The number of hydrogen-bond acceptors (Lipinski definition) is 30. The average Bonchev–Trinajstić information content (AvgIpc) is 0.580. The van der Waals surface area contributed by atoms with Crippen molar-refractivity contribution in [3.63, 3.8) is 0 Å². The Hall–Kier alpha value is -11.4. The summed E-state index contributed by atoms with van der Waals surface area (Å²) < 4.78 is 45.0. The van der Waals surface area contributed by atoms with Gasteiger partial charge in [0.2, 0.25) is 65.6 Å². The van der Waals surface area contributed by atoms with Gasteiger partial charge >= 0.3 is 0 Å². The number of halogens is 2. The Labute approximate surface area is 749 Å². The maximum absolute atomic E-state index is 16.9. The zero-order valence-electron chi connectivity index (χ0n) is 70.1. The molecule has 2 saturated heterocycles. The number of ether oxygens (including phenoxy) is 7. The van der Waals surface area contributed by atoms with Crippen LogP contribution in [0.4, 0.5) is 0 Å². The highest BCUT2D eigenvalue weighted by Gasteiger charge is 2.50. The van der Waals surface area contributed by atoms with Gasteiger partial charge in [-0.15, -0.1) is 0 Å². The van der Waals surface area contributed by atoms with Crippen LogP contribution in [0, 0.1) is 0 Å². The van der Waals surface area contributed by atoms with E-state index in [0.717, 1.165) is 106 Å². The highest BCUT2D eigenvalue weighted by molar-refractivity contribution is 6.33. The molecule has 692 valence electrons. The van der Waals surface area contributed by atoms with Crippen LogP contribution in [-0.2, 0) is 54.3 Å². The van der Waals surface area contributed by atoms with E-state index in [-0.39, 0.29) is 59.9 Å². The topological polar surface area (TPSA) is 590 Å². The molecule has 0 unspecified atom stereocenters. The Kier molecular flexibility index (Phi) is 31.6. The van der Waals surface area contributed by atoms with Gasteiger partial charge in [-0.1, -0.05) is 112 Å². The van der Waals surface area contributed by atoms with E-state index in [9.17, 15) is 70.9 Å². The number of benzene rings is 7. The third-order valence-corrected chi connectivity index (χ3v) is 23.9. The van der Waals surface area contributed by atoms with Crippen LogP contribution in [-0.4, -0.2) is 228 Å². The fourth-order valence-electron chi connectivity index (χ4n) is 16.1. The quantitative estimate of drug-likeness (QED) is 0.0344. The third kappa shape index (κ3) is 22.0. The molecule has 7 aromatic carbocycles. The molecule has 0 aliphatic carbocycles. The molecule has 129 heavy (non-hydrogen) atoms.